The summed E-state index contributed by atoms with van der Waals surface area (Å²) in [5, 5.41) is 2.86. The van der Waals surface area contributed by atoms with E-state index in [1.54, 1.807) is 12.1 Å². The summed E-state index contributed by atoms with van der Waals surface area (Å²) >= 11 is 0. The Labute approximate surface area is 136 Å². The molecule has 0 atom stereocenters. The van der Waals surface area contributed by atoms with Crippen molar-refractivity contribution in [2.75, 3.05) is 11.6 Å². The van der Waals surface area contributed by atoms with E-state index in [-0.39, 0.29) is 12.5 Å². The van der Waals surface area contributed by atoms with Gasteiger partial charge in [0.1, 0.15) is 0 Å². The molecule has 6 nitrogen and oxygen atoms in total. The number of aryl methyl sites for hydroxylation is 1. The average molecular weight is 333 g/mol. The summed E-state index contributed by atoms with van der Waals surface area (Å²) in [6.07, 6.45) is 2.56. The first kappa shape index (κ1) is 17.1. The van der Waals surface area contributed by atoms with Crippen molar-refractivity contribution in [3.8, 4) is 0 Å². The van der Waals surface area contributed by atoms with Crippen LogP contribution < -0.4 is 10.0 Å². The molecule has 1 heterocycles. The Hall–Kier alpha value is -2.25. The van der Waals surface area contributed by atoms with Crippen LogP contribution in [-0.4, -0.2) is 25.6 Å². The molecule has 0 spiro atoms. The molecule has 0 aliphatic rings. The highest BCUT2D eigenvalue weighted by molar-refractivity contribution is 7.88. The molecule has 0 fully saturated rings. The van der Waals surface area contributed by atoms with Crippen molar-refractivity contribution < 1.29 is 13.2 Å². The van der Waals surface area contributed by atoms with E-state index in [0.29, 0.717) is 11.3 Å². The predicted molar refractivity (Wildman–Crippen MR) is 89.8 cm³/mol. The van der Waals surface area contributed by atoms with Crippen LogP contribution >= 0.6 is 0 Å². The third kappa shape index (κ3) is 4.87. The highest BCUT2D eigenvalue weighted by atomic mass is 32.2. The molecule has 122 valence electrons. The number of hydrogen-bond acceptors (Lipinski definition) is 4. The van der Waals surface area contributed by atoms with E-state index in [2.05, 4.69) is 15.0 Å². The summed E-state index contributed by atoms with van der Waals surface area (Å²) < 4.78 is 24.6. The second-order valence-corrected chi connectivity index (χ2v) is 7.16. The molecule has 0 bridgehead atoms. The molecule has 0 aliphatic carbocycles. The van der Waals surface area contributed by atoms with Gasteiger partial charge in [0.25, 0.3) is 5.91 Å². The van der Waals surface area contributed by atoms with Crippen LogP contribution in [0.3, 0.4) is 0 Å². The van der Waals surface area contributed by atoms with Gasteiger partial charge < -0.3 is 5.32 Å². The third-order valence-electron chi connectivity index (χ3n) is 3.45. The minimum Gasteiger partial charge on any atom is -0.322 e. The Balaban J connectivity index is 2.15. The molecule has 0 radical (unpaired) electrons. The van der Waals surface area contributed by atoms with Gasteiger partial charge in [-0.1, -0.05) is 12.1 Å². The zero-order chi connectivity index (χ0) is 17.0. The quantitative estimate of drug-likeness (QED) is 0.876. The number of hydrogen-bond donors (Lipinski definition) is 2. The van der Waals surface area contributed by atoms with Crippen molar-refractivity contribution >= 4 is 21.6 Å². The minimum absolute atomic E-state index is 0.0451. The predicted octanol–water partition coefficient (Wildman–Crippen LogP) is 2.00. The second kappa shape index (κ2) is 6.89. The number of anilines is 1. The first-order valence-corrected chi connectivity index (χ1v) is 8.92. The van der Waals surface area contributed by atoms with Crippen molar-refractivity contribution in [2.24, 2.45) is 0 Å². The van der Waals surface area contributed by atoms with E-state index in [1.807, 2.05) is 32.0 Å². The van der Waals surface area contributed by atoms with Crippen molar-refractivity contribution in [3.05, 3.63) is 58.9 Å². The molecular weight excluding hydrogens is 314 g/mol. The van der Waals surface area contributed by atoms with Crippen molar-refractivity contribution in [1.29, 1.82) is 0 Å². The van der Waals surface area contributed by atoms with Crippen LogP contribution in [0.5, 0.6) is 0 Å². The molecule has 2 N–H and O–H groups in total. The summed E-state index contributed by atoms with van der Waals surface area (Å²) in [5.41, 5.74) is 3.75. The highest BCUT2D eigenvalue weighted by Gasteiger charge is 2.10. The Kier molecular flexibility index (Phi) is 5.12. The van der Waals surface area contributed by atoms with Crippen LogP contribution in [0.2, 0.25) is 0 Å². The van der Waals surface area contributed by atoms with Gasteiger partial charge in [0, 0.05) is 17.4 Å². The van der Waals surface area contributed by atoms with Gasteiger partial charge in [-0.05, 0) is 43.2 Å². The maximum absolute atomic E-state index is 12.4. The molecule has 0 unspecified atom stereocenters. The van der Waals surface area contributed by atoms with Gasteiger partial charge in [-0.3, -0.25) is 9.78 Å². The summed E-state index contributed by atoms with van der Waals surface area (Å²) in [5.74, 6) is -0.262. The number of aromatic nitrogens is 1. The van der Waals surface area contributed by atoms with Crippen molar-refractivity contribution in [1.82, 2.24) is 9.71 Å². The third-order valence-corrected chi connectivity index (χ3v) is 4.12. The molecule has 0 saturated carbocycles. The zero-order valence-electron chi connectivity index (χ0n) is 13.3. The van der Waals surface area contributed by atoms with Crippen molar-refractivity contribution in [2.45, 2.75) is 20.4 Å². The van der Waals surface area contributed by atoms with Crippen LogP contribution in [0.25, 0.3) is 0 Å². The number of rotatable bonds is 5. The molecule has 0 aliphatic heterocycles. The number of carbonyl (C=O) groups excluding carboxylic acids is 1. The summed E-state index contributed by atoms with van der Waals surface area (Å²) in [6.45, 7) is 3.97. The SMILES string of the molecule is Cc1cccc(NC(=O)c2ccnc(CNS(C)(=O)=O)c2)c1C. The maximum atomic E-state index is 12.4. The topological polar surface area (TPSA) is 88.2 Å². The van der Waals surface area contributed by atoms with Gasteiger partial charge in [-0.2, -0.15) is 0 Å². The Morgan fingerprint density at radius 1 is 1.22 bits per heavy atom. The normalized spacial score (nSPS) is 11.3. The number of benzene rings is 1. The lowest BCUT2D eigenvalue weighted by atomic mass is 10.1. The minimum atomic E-state index is -3.30. The van der Waals surface area contributed by atoms with E-state index in [9.17, 15) is 13.2 Å². The van der Waals surface area contributed by atoms with Gasteiger partial charge in [-0.15, -0.1) is 0 Å². The van der Waals surface area contributed by atoms with Crippen LogP contribution in [0.15, 0.2) is 36.5 Å². The monoisotopic (exact) mass is 333 g/mol. The first-order valence-electron chi connectivity index (χ1n) is 7.03. The maximum Gasteiger partial charge on any atom is 0.255 e. The van der Waals surface area contributed by atoms with E-state index in [0.717, 1.165) is 23.1 Å². The lowest BCUT2D eigenvalue weighted by Crippen LogP contribution is -2.22. The molecule has 0 saturated heterocycles. The van der Waals surface area contributed by atoms with Crippen LogP contribution in [0, 0.1) is 13.8 Å². The number of carbonyl (C=O) groups is 1. The fourth-order valence-electron chi connectivity index (χ4n) is 2.00. The van der Waals surface area contributed by atoms with E-state index in [1.165, 1.54) is 6.20 Å². The van der Waals surface area contributed by atoms with Gasteiger partial charge in [0.15, 0.2) is 0 Å². The lowest BCUT2D eigenvalue weighted by molar-refractivity contribution is 0.102. The van der Waals surface area contributed by atoms with Crippen LogP contribution in [-0.2, 0) is 16.6 Å². The lowest BCUT2D eigenvalue weighted by Gasteiger charge is -2.11. The highest BCUT2D eigenvalue weighted by Crippen LogP contribution is 2.18. The molecule has 1 aromatic carbocycles. The first-order chi connectivity index (χ1) is 10.8. The standard InChI is InChI=1S/C16H19N3O3S/c1-11-5-4-6-15(12(11)2)19-16(20)13-7-8-17-14(9-13)10-18-23(3,21)22/h4-9,18H,10H2,1-3H3,(H,19,20). The summed E-state index contributed by atoms with van der Waals surface area (Å²) in [4.78, 5) is 16.4. The molecule has 7 heteroatoms. The number of pyridine rings is 1. The van der Waals surface area contributed by atoms with E-state index < -0.39 is 10.0 Å². The van der Waals surface area contributed by atoms with E-state index in [4.69, 9.17) is 0 Å². The van der Waals surface area contributed by atoms with Crippen molar-refractivity contribution in [3.63, 3.8) is 0 Å². The Morgan fingerprint density at radius 3 is 2.65 bits per heavy atom. The number of sulfonamides is 1. The van der Waals surface area contributed by atoms with E-state index >= 15 is 0 Å². The largest absolute Gasteiger partial charge is 0.322 e. The van der Waals surface area contributed by atoms with Gasteiger partial charge in [0.2, 0.25) is 10.0 Å². The van der Waals surface area contributed by atoms with Gasteiger partial charge in [-0.25, -0.2) is 13.1 Å². The number of nitrogens with one attached hydrogen (secondary N) is 2. The zero-order valence-corrected chi connectivity index (χ0v) is 14.1. The van der Waals surface area contributed by atoms with Crippen LogP contribution in [0.1, 0.15) is 27.2 Å². The average Bonchev–Trinajstić information content (AvgIpc) is 2.49. The Morgan fingerprint density at radius 2 is 1.96 bits per heavy atom. The van der Waals surface area contributed by atoms with Gasteiger partial charge >= 0.3 is 0 Å². The summed E-state index contributed by atoms with van der Waals surface area (Å²) in [7, 11) is -3.30. The molecule has 1 aromatic heterocycles. The number of amides is 1. The molecule has 1 amide bonds. The fourth-order valence-corrected chi connectivity index (χ4v) is 2.41. The smallest absolute Gasteiger partial charge is 0.255 e. The van der Waals surface area contributed by atoms with Crippen LogP contribution in [0.4, 0.5) is 5.69 Å². The van der Waals surface area contributed by atoms with Gasteiger partial charge in [0.05, 0.1) is 18.5 Å². The molecule has 2 rings (SSSR count). The Bertz CT molecular complexity index is 832. The number of nitrogens with zero attached hydrogens (tertiary/aromatic N) is 1. The summed E-state index contributed by atoms with van der Waals surface area (Å²) in [6, 6.07) is 8.86. The second-order valence-electron chi connectivity index (χ2n) is 5.33. The molecular formula is C16H19N3O3S. The molecule has 23 heavy (non-hydrogen) atoms. The fraction of sp³-hybridized carbons (Fsp3) is 0.250. The molecule has 2 aromatic rings.